The van der Waals surface area contributed by atoms with E-state index in [0.29, 0.717) is 29.7 Å². The van der Waals surface area contributed by atoms with Crippen LogP contribution in [-0.4, -0.2) is 22.6 Å². The lowest BCUT2D eigenvalue weighted by molar-refractivity contribution is 0.0953. The molecular weight excluding hydrogens is 400 g/mol. The van der Waals surface area contributed by atoms with Gasteiger partial charge in [0.2, 0.25) is 11.7 Å². The van der Waals surface area contributed by atoms with Crippen molar-refractivity contribution in [1.82, 2.24) is 15.5 Å². The number of anilines is 1. The maximum atomic E-state index is 12.1. The van der Waals surface area contributed by atoms with Gasteiger partial charge in [-0.1, -0.05) is 71.0 Å². The minimum atomic E-state index is -0.177. The van der Waals surface area contributed by atoms with Gasteiger partial charge in [-0.2, -0.15) is 4.98 Å². The first kappa shape index (κ1) is 23.5. The molecule has 6 heteroatoms. The first-order valence-electron chi connectivity index (χ1n) is 11.3. The Balaban J connectivity index is 1.73. The highest BCUT2D eigenvalue weighted by Gasteiger charge is 2.22. The average Bonchev–Trinajstić information content (AvgIpc) is 3.27. The summed E-state index contributed by atoms with van der Waals surface area (Å²) in [4.78, 5) is 16.7. The molecule has 1 heterocycles. The number of nitrogens with one attached hydrogen (secondary N) is 2. The number of amides is 1. The van der Waals surface area contributed by atoms with Gasteiger partial charge in [-0.05, 0) is 42.2 Å². The molecule has 3 rings (SSSR count). The first-order valence-corrected chi connectivity index (χ1v) is 11.3. The molecule has 0 aliphatic rings. The standard InChI is InChI=1S/C26H34N4O2/c1-7-16-27-24(31)20-12-14-21(15-13-20)28-22(17(2)3)18-8-10-19(11-9-18)23-29-25(32-30-23)26(4,5)6/h8-15,17,22,28H,7,16H2,1-6H3,(H,27,31). The van der Waals surface area contributed by atoms with Gasteiger partial charge >= 0.3 is 0 Å². The van der Waals surface area contributed by atoms with E-state index < -0.39 is 0 Å². The van der Waals surface area contributed by atoms with Crippen LogP contribution in [0.2, 0.25) is 0 Å². The molecule has 0 spiro atoms. The number of carbonyl (C=O) groups excluding carboxylic acids is 1. The molecule has 1 atom stereocenters. The van der Waals surface area contributed by atoms with E-state index in [1.165, 1.54) is 5.56 Å². The van der Waals surface area contributed by atoms with Crippen LogP contribution in [0.4, 0.5) is 5.69 Å². The molecule has 0 saturated heterocycles. The number of nitrogens with zero attached hydrogens (tertiary/aromatic N) is 2. The summed E-state index contributed by atoms with van der Waals surface area (Å²) in [5.41, 5.74) is 3.58. The van der Waals surface area contributed by atoms with Crippen LogP contribution in [-0.2, 0) is 5.41 Å². The van der Waals surface area contributed by atoms with Crippen LogP contribution in [0, 0.1) is 5.92 Å². The van der Waals surface area contributed by atoms with Crippen LogP contribution in [0.1, 0.15) is 75.8 Å². The normalized spacial score (nSPS) is 12.6. The summed E-state index contributed by atoms with van der Waals surface area (Å²) in [5, 5.41) is 10.6. The van der Waals surface area contributed by atoms with Gasteiger partial charge in [0.25, 0.3) is 5.91 Å². The number of rotatable bonds is 8. The fraction of sp³-hybridized carbons (Fsp3) is 0.423. The molecule has 0 aliphatic carbocycles. The maximum Gasteiger partial charge on any atom is 0.251 e. The zero-order valence-electron chi connectivity index (χ0n) is 19.9. The summed E-state index contributed by atoms with van der Waals surface area (Å²) < 4.78 is 5.42. The van der Waals surface area contributed by atoms with Gasteiger partial charge in [-0.25, -0.2) is 0 Å². The van der Waals surface area contributed by atoms with Crippen molar-refractivity contribution in [2.45, 2.75) is 59.4 Å². The Morgan fingerprint density at radius 2 is 1.69 bits per heavy atom. The molecule has 170 valence electrons. The number of hydrogen-bond acceptors (Lipinski definition) is 5. The van der Waals surface area contributed by atoms with Crippen molar-refractivity contribution in [3.8, 4) is 11.4 Å². The second kappa shape index (κ2) is 9.98. The first-order chi connectivity index (χ1) is 15.2. The number of aromatic nitrogens is 2. The molecule has 6 nitrogen and oxygen atoms in total. The van der Waals surface area contributed by atoms with Crippen LogP contribution in [0.5, 0.6) is 0 Å². The van der Waals surface area contributed by atoms with E-state index in [1.807, 2.05) is 43.3 Å². The number of benzene rings is 2. The van der Waals surface area contributed by atoms with Crippen molar-refractivity contribution in [1.29, 1.82) is 0 Å². The zero-order valence-corrected chi connectivity index (χ0v) is 19.9. The van der Waals surface area contributed by atoms with Gasteiger partial charge in [-0.3, -0.25) is 4.79 Å². The Bertz CT molecular complexity index is 1020. The summed E-state index contributed by atoms with van der Waals surface area (Å²) in [7, 11) is 0. The van der Waals surface area contributed by atoms with Crippen LogP contribution in [0.15, 0.2) is 53.1 Å². The van der Waals surface area contributed by atoms with Crippen LogP contribution < -0.4 is 10.6 Å². The Morgan fingerprint density at radius 1 is 1.03 bits per heavy atom. The second-order valence-electron chi connectivity index (χ2n) is 9.49. The minimum Gasteiger partial charge on any atom is -0.378 e. The molecule has 3 aromatic rings. The fourth-order valence-corrected chi connectivity index (χ4v) is 3.36. The van der Waals surface area contributed by atoms with Crippen molar-refractivity contribution < 1.29 is 9.32 Å². The molecule has 1 amide bonds. The van der Waals surface area contributed by atoms with E-state index in [-0.39, 0.29) is 17.4 Å². The molecule has 0 fully saturated rings. The monoisotopic (exact) mass is 434 g/mol. The van der Waals surface area contributed by atoms with Crippen molar-refractivity contribution >= 4 is 11.6 Å². The van der Waals surface area contributed by atoms with Crippen LogP contribution in [0.25, 0.3) is 11.4 Å². The highest BCUT2D eigenvalue weighted by atomic mass is 16.5. The Morgan fingerprint density at radius 3 is 2.22 bits per heavy atom. The van der Waals surface area contributed by atoms with Gasteiger partial charge in [0.1, 0.15) is 0 Å². The highest BCUT2D eigenvalue weighted by molar-refractivity contribution is 5.94. The molecule has 1 unspecified atom stereocenters. The Hall–Kier alpha value is -3.15. The lowest BCUT2D eigenvalue weighted by Crippen LogP contribution is -2.23. The van der Waals surface area contributed by atoms with E-state index >= 15 is 0 Å². The van der Waals surface area contributed by atoms with Crippen molar-refractivity contribution in [2.24, 2.45) is 5.92 Å². The van der Waals surface area contributed by atoms with Crippen molar-refractivity contribution in [3.63, 3.8) is 0 Å². The largest absolute Gasteiger partial charge is 0.378 e. The summed E-state index contributed by atoms with van der Waals surface area (Å²) in [6, 6.07) is 16.0. The molecule has 0 saturated carbocycles. The SMILES string of the molecule is CCCNC(=O)c1ccc(NC(c2ccc(-c3noc(C(C)(C)C)n3)cc2)C(C)C)cc1. The van der Waals surface area contributed by atoms with Crippen molar-refractivity contribution in [3.05, 3.63) is 65.5 Å². The zero-order chi connectivity index (χ0) is 23.3. The Labute approximate surface area is 190 Å². The van der Waals surface area contributed by atoms with E-state index in [9.17, 15) is 4.79 Å². The number of hydrogen-bond donors (Lipinski definition) is 2. The van der Waals surface area contributed by atoms with Gasteiger partial charge in [0, 0.05) is 28.8 Å². The van der Waals surface area contributed by atoms with Gasteiger partial charge < -0.3 is 15.2 Å². The third-order valence-electron chi connectivity index (χ3n) is 5.27. The van der Waals surface area contributed by atoms with E-state index in [0.717, 1.165) is 17.7 Å². The Kier molecular flexibility index (Phi) is 7.33. The van der Waals surface area contributed by atoms with Gasteiger partial charge in [0.15, 0.2) is 0 Å². The summed E-state index contributed by atoms with van der Waals surface area (Å²) in [6.45, 7) is 13.3. The van der Waals surface area contributed by atoms with Crippen LogP contribution >= 0.6 is 0 Å². The number of carbonyl (C=O) groups is 1. The molecule has 0 bridgehead atoms. The van der Waals surface area contributed by atoms with E-state index in [1.54, 1.807) is 0 Å². The van der Waals surface area contributed by atoms with Crippen molar-refractivity contribution in [2.75, 3.05) is 11.9 Å². The predicted molar refractivity (Wildman–Crippen MR) is 129 cm³/mol. The molecule has 2 N–H and O–H groups in total. The molecule has 32 heavy (non-hydrogen) atoms. The smallest absolute Gasteiger partial charge is 0.251 e. The quantitative estimate of drug-likeness (QED) is 0.456. The fourth-order valence-electron chi connectivity index (χ4n) is 3.36. The summed E-state index contributed by atoms with van der Waals surface area (Å²) >= 11 is 0. The minimum absolute atomic E-state index is 0.0366. The van der Waals surface area contributed by atoms with Crippen LogP contribution in [0.3, 0.4) is 0 Å². The lowest BCUT2D eigenvalue weighted by Gasteiger charge is -2.24. The highest BCUT2D eigenvalue weighted by Crippen LogP contribution is 2.29. The van der Waals surface area contributed by atoms with E-state index in [4.69, 9.17) is 4.52 Å². The third-order valence-corrected chi connectivity index (χ3v) is 5.27. The molecular formula is C26H34N4O2. The molecule has 0 aliphatic heterocycles. The van der Waals surface area contributed by atoms with Gasteiger partial charge in [0.05, 0.1) is 6.04 Å². The van der Waals surface area contributed by atoms with E-state index in [2.05, 4.69) is 67.5 Å². The summed E-state index contributed by atoms with van der Waals surface area (Å²) in [6.07, 6.45) is 0.921. The van der Waals surface area contributed by atoms with Gasteiger partial charge in [-0.15, -0.1) is 0 Å². The molecule has 1 aromatic heterocycles. The summed E-state index contributed by atoms with van der Waals surface area (Å²) in [5.74, 6) is 1.56. The second-order valence-corrected chi connectivity index (χ2v) is 9.49. The lowest BCUT2D eigenvalue weighted by atomic mass is 9.94. The molecule has 0 radical (unpaired) electrons. The average molecular weight is 435 g/mol. The third kappa shape index (κ3) is 5.75. The molecule has 2 aromatic carbocycles. The topological polar surface area (TPSA) is 80.0 Å². The predicted octanol–water partition coefficient (Wildman–Crippen LogP) is 5.98. The maximum absolute atomic E-state index is 12.1.